The summed E-state index contributed by atoms with van der Waals surface area (Å²) < 4.78 is 378. The second kappa shape index (κ2) is 40.9. The van der Waals surface area contributed by atoms with Gasteiger partial charge in [-0.3, -0.25) is 41.7 Å². The minimum atomic E-state index is -7.05. The number of ketones is 2. The zero-order chi connectivity index (χ0) is 103. The minimum absolute atomic E-state index is 0.0558. The number of carbonyl (C=O) groups excluding carboxylic acids is 4. The third kappa shape index (κ3) is 26.8. The molecule has 13 rings (SSSR count). The maximum Gasteiger partial charge on any atom is 0.465 e. The van der Waals surface area contributed by atoms with Crippen molar-refractivity contribution in [2.24, 2.45) is 46.3 Å². The van der Waals surface area contributed by atoms with Gasteiger partial charge in [0.25, 0.3) is 20.2 Å². The van der Waals surface area contributed by atoms with E-state index in [1.54, 1.807) is 39.8 Å². The Balaban J connectivity index is 0.000000248. The average Bonchev–Trinajstić information content (AvgIpc) is 0.718. The molecule has 0 heterocycles. The van der Waals surface area contributed by atoms with Crippen molar-refractivity contribution in [2.75, 3.05) is 6.61 Å². The average molecular weight is 2070 g/mol. The summed E-state index contributed by atoms with van der Waals surface area (Å²) >= 11 is 0. The largest absolute Gasteiger partial charge is 0.465 e. The van der Waals surface area contributed by atoms with Crippen LogP contribution in [0.5, 0.6) is 0 Å². The lowest BCUT2D eigenvalue weighted by atomic mass is 9.48. The quantitative estimate of drug-likeness (QED) is 0.0292. The van der Waals surface area contributed by atoms with Crippen LogP contribution in [0.2, 0.25) is 0 Å². The van der Waals surface area contributed by atoms with E-state index in [0.717, 1.165) is 81.1 Å². The van der Waals surface area contributed by atoms with E-state index in [0.29, 0.717) is 97.3 Å². The van der Waals surface area contributed by atoms with Gasteiger partial charge < -0.3 is 9.64 Å². The Labute approximate surface area is 780 Å². The van der Waals surface area contributed by atoms with Gasteiger partial charge >= 0.3 is 84.5 Å². The summed E-state index contributed by atoms with van der Waals surface area (Å²) in [4.78, 5) is 48.3. The molecule has 10 aliphatic rings. The maximum absolute atomic E-state index is 14.2. The molecule has 0 spiro atoms. The number of hydrogen-bond acceptors (Lipinski definition) is 19. The van der Waals surface area contributed by atoms with Gasteiger partial charge in [-0.15, -0.1) is 0 Å². The van der Waals surface area contributed by atoms with E-state index in [1.807, 2.05) is 101 Å². The van der Waals surface area contributed by atoms with Crippen molar-refractivity contribution in [3.63, 3.8) is 0 Å². The van der Waals surface area contributed by atoms with Crippen LogP contribution >= 0.6 is 0 Å². The molecule has 0 radical (unpaired) electrons. The highest BCUT2D eigenvalue weighted by Gasteiger charge is 2.82. The molecule has 2 unspecified atom stereocenters. The van der Waals surface area contributed by atoms with Crippen LogP contribution < -0.4 is 0 Å². The molecule has 10 aliphatic carbocycles. The smallest absolute Gasteiger partial charge is 0.460 e. The lowest BCUT2D eigenvalue weighted by Gasteiger charge is -2.57. The summed E-state index contributed by atoms with van der Waals surface area (Å²) in [5.41, 5.74) is 1.79. The van der Waals surface area contributed by atoms with Gasteiger partial charge in [-0.2, -0.15) is 103 Å². The molecule has 0 aromatic heterocycles. The summed E-state index contributed by atoms with van der Waals surface area (Å²) in [6.07, 6.45) is 17.5. The molecule has 45 heteroatoms. The standard InChI is InChI=1S/C18H30O3S.C16H20F6O5S2.C14H23F2NO4S.C14H20F2O4S.C14H22O3S.C13H16F2O6S/c1-16(2,3)12-10-13(17(4,5)6)15(22(19,20)21)14(11-12)18(7,8)9;1-9(2)11-6-5-7-12(10(3)4)13(11)8-28(23,24)15(19,20)14(17,18)16(21,22)29(25,26)27;15-14(16,22(19,20)21)13(18)17(11-7-3-1-4-8-11)12-9-5-2-6-10-12;15-14(16,21(18,19)20)12(17)1-2-13-6-9-3-10(7-13)5-11(4-9)8-13;1-13(2,3)10-8-7-9-11(14(4,5)6)12(10)18(15,16)17;14-13(15,22(18,19)20)11(17)21-6-12-3-7-1-8(4-12)10(16)9(2-7)5-12/h10-11H,1-9H3,(H,19,20,21);5-7,9-10H,8H2,1-4H3,(H,25,26,27);11-12H,1-10H2,(H,19,20,21);9-11H,1-8H2,(H,18,19,20);7-9H,1-6H3,(H,15,16,17);7-9H,1-6H2,(H,18,19,20). The van der Waals surface area contributed by atoms with E-state index in [4.69, 9.17) is 18.2 Å². The number of ether oxygens (including phenoxy) is 1. The maximum atomic E-state index is 14.2. The lowest BCUT2D eigenvalue weighted by molar-refractivity contribution is -0.245. The fraction of sp³-hybridized carbons (Fsp3) is 0.753. The van der Waals surface area contributed by atoms with Crippen LogP contribution in [0.4, 0.5) is 52.7 Å². The van der Waals surface area contributed by atoms with Gasteiger partial charge in [-0.05, 0) is 215 Å². The summed E-state index contributed by atoms with van der Waals surface area (Å²) in [5.74, 6) is -13.0. The Morgan fingerprint density at radius 1 is 0.425 bits per heavy atom. The summed E-state index contributed by atoms with van der Waals surface area (Å²) in [6.45, 7) is 35.7. The first-order chi connectivity index (χ1) is 59.9. The van der Waals surface area contributed by atoms with Crippen LogP contribution in [0.25, 0.3) is 0 Å². The Hall–Kier alpha value is -5.49. The van der Waals surface area contributed by atoms with Crippen molar-refractivity contribution in [3.8, 4) is 0 Å². The van der Waals surface area contributed by atoms with Gasteiger partial charge in [0.2, 0.25) is 15.6 Å². The van der Waals surface area contributed by atoms with Crippen LogP contribution in [0, 0.1) is 46.3 Å². The highest BCUT2D eigenvalue weighted by Crippen LogP contribution is 2.63. The molecule has 10 fully saturated rings. The molecule has 134 heavy (non-hydrogen) atoms. The molecule has 3 aromatic carbocycles. The topological polar surface area (TPSA) is 441 Å². The number of sulfone groups is 1. The summed E-state index contributed by atoms with van der Waals surface area (Å²) in [7, 11) is -39.2. The Morgan fingerprint density at radius 2 is 0.761 bits per heavy atom. The number of benzene rings is 3. The Bertz CT molecular complexity index is 5460. The highest BCUT2D eigenvalue weighted by molar-refractivity contribution is 7.92. The zero-order valence-electron chi connectivity index (χ0n) is 78.9. The molecule has 26 nitrogen and oxygen atoms in total. The van der Waals surface area contributed by atoms with E-state index in [9.17, 15) is 140 Å². The number of esters is 1. The molecule has 0 aliphatic heterocycles. The van der Waals surface area contributed by atoms with E-state index >= 15 is 0 Å². The fourth-order valence-electron chi connectivity index (χ4n) is 20.5. The van der Waals surface area contributed by atoms with E-state index in [-0.39, 0.29) is 95.3 Å². The zero-order valence-corrected chi connectivity index (χ0v) is 84.6. The first kappa shape index (κ1) is 117. The van der Waals surface area contributed by atoms with E-state index in [1.165, 1.54) is 37.5 Å². The SMILES string of the molecule is CC(C)(C)c1cc(C(C)(C)C)c(S(=O)(=O)O)c(C(C)(C)C)c1.CC(C)(C)c1cccc(C(C)(C)C)c1S(=O)(=O)O.CC(C)c1cccc(C(C)C)c1CS(=O)(=O)C(F)(F)C(F)(F)C(F)(F)S(=O)(=O)O.O=C(CCC12CC3CC(CC(C3)C1)C2)C(F)(F)S(=O)(=O)O.O=C(N(C1CCCCC1)C1CCCCC1)C(F)(F)S(=O)(=O)O.O=C1C2CC3CC1CC(COC(=O)C(F)(F)S(=O)(=O)O)(C3)C2. The number of rotatable bonds is 23. The van der Waals surface area contributed by atoms with Crippen LogP contribution in [-0.2, 0) is 127 Å². The molecule has 1 amide bonds. The van der Waals surface area contributed by atoms with Crippen molar-refractivity contribution >= 4 is 94.0 Å². The van der Waals surface area contributed by atoms with Gasteiger partial charge in [0.1, 0.15) is 15.6 Å². The molecule has 3 aromatic rings. The Kier molecular flexibility index (Phi) is 35.7. The number of nitrogens with zero attached hydrogens (tertiary/aromatic N) is 1. The third-order valence-corrected chi connectivity index (χ3v) is 33.7. The predicted octanol–water partition coefficient (Wildman–Crippen LogP) is 20.3. The van der Waals surface area contributed by atoms with E-state index < -0.39 is 150 Å². The molecule has 0 saturated heterocycles. The third-order valence-electron chi connectivity index (χ3n) is 26.6. The number of carbonyl (C=O) groups is 4. The van der Waals surface area contributed by atoms with Crippen molar-refractivity contribution in [1.29, 1.82) is 0 Å². The van der Waals surface area contributed by atoms with Gasteiger partial charge in [-0.25, -0.2) is 13.2 Å². The molecule has 8 bridgehead atoms. The molecule has 2 atom stereocenters. The van der Waals surface area contributed by atoms with Gasteiger partial charge in [-0.1, -0.05) is 219 Å². The van der Waals surface area contributed by atoms with Crippen LogP contribution in [0.15, 0.2) is 58.3 Å². The fourth-order valence-corrected chi connectivity index (χ4v) is 26.0. The van der Waals surface area contributed by atoms with Gasteiger partial charge in [0.05, 0.1) is 12.4 Å². The number of amides is 1. The first-order valence-electron chi connectivity index (χ1n) is 44.3. The first-order valence-corrected chi connectivity index (χ1v) is 54.6. The Morgan fingerprint density at radius 3 is 1.08 bits per heavy atom. The van der Waals surface area contributed by atoms with Crippen molar-refractivity contribution in [1.82, 2.24) is 4.90 Å². The van der Waals surface area contributed by atoms with Crippen LogP contribution in [0.1, 0.15) is 336 Å². The van der Waals surface area contributed by atoms with Crippen molar-refractivity contribution in [3.05, 3.63) is 93.0 Å². The molecular weight excluding hydrogens is 1940 g/mol. The number of alkyl halides is 12. The van der Waals surface area contributed by atoms with Crippen molar-refractivity contribution < 1.29 is 163 Å². The van der Waals surface area contributed by atoms with E-state index in [2.05, 4.69) is 25.5 Å². The van der Waals surface area contributed by atoms with Crippen molar-refractivity contribution in [2.45, 2.75) is 378 Å². The summed E-state index contributed by atoms with van der Waals surface area (Å²) in [5, 5.41) is -27.6. The monoisotopic (exact) mass is 2070 g/mol. The molecule has 768 valence electrons. The van der Waals surface area contributed by atoms with Gasteiger partial charge in [0.15, 0.2) is 0 Å². The normalized spacial score (nSPS) is 23.3. The lowest BCUT2D eigenvalue weighted by Crippen LogP contribution is -2.60. The number of Topliss-reactive ketones (excluding diaryl/α,β-unsaturated/α-hetero) is 2. The van der Waals surface area contributed by atoms with Crippen LogP contribution in [-0.4, -0.2) is 165 Å². The molecule has 6 N–H and O–H groups in total. The van der Waals surface area contributed by atoms with Crippen LogP contribution in [0.3, 0.4) is 0 Å². The van der Waals surface area contributed by atoms with Gasteiger partial charge in [0, 0.05) is 35.8 Å². The minimum Gasteiger partial charge on any atom is -0.460 e. The highest BCUT2D eigenvalue weighted by atomic mass is 32.2. The predicted molar refractivity (Wildman–Crippen MR) is 477 cm³/mol. The molecular formula is C89H131F12NO25S7. The second-order valence-corrected chi connectivity index (χ2v) is 53.9. The molecule has 10 saturated carbocycles. The number of halogens is 12. The summed E-state index contributed by atoms with van der Waals surface area (Å²) in [6, 6.07) is 12.8. The number of hydrogen-bond donors (Lipinski definition) is 6. The second-order valence-electron chi connectivity index (χ2n) is 43.3.